The number of nitrogens with zero attached hydrogens (tertiary/aromatic N) is 1. The summed E-state index contributed by atoms with van der Waals surface area (Å²) < 4.78 is 5.35. The minimum absolute atomic E-state index is 0.0719. The Morgan fingerprint density at radius 2 is 2.10 bits per heavy atom. The average molecular weight is 299 g/mol. The highest BCUT2D eigenvalue weighted by Crippen LogP contribution is 2.21. The van der Waals surface area contributed by atoms with Crippen molar-refractivity contribution in [1.29, 1.82) is 0 Å². The topological polar surface area (TPSA) is 84.7 Å². The van der Waals surface area contributed by atoms with Gasteiger partial charge in [0.1, 0.15) is 6.04 Å². The minimum Gasteiger partial charge on any atom is -0.377 e. The Morgan fingerprint density at radius 3 is 2.67 bits per heavy atom. The Hall–Kier alpha value is -1.14. The molecule has 3 N–H and O–H groups in total. The van der Waals surface area contributed by atoms with Gasteiger partial charge in [0, 0.05) is 25.6 Å². The molecule has 1 saturated heterocycles. The fourth-order valence-electron chi connectivity index (χ4n) is 2.10. The summed E-state index contributed by atoms with van der Waals surface area (Å²) in [6.07, 6.45) is 1.11. The summed E-state index contributed by atoms with van der Waals surface area (Å²) in [5, 5.41) is 2.83. The van der Waals surface area contributed by atoms with Crippen LogP contribution in [0.3, 0.4) is 0 Å². The number of amides is 2. The molecule has 1 aliphatic rings. The second-order valence-electron chi connectivity index (χ2n) is 6.65. The molecular weight excluding hydrogens is 270 g/mol. The standard InChI is InChI=1S/C15H29N3O3/c1-5-6-17-14(20)11-10-21-8-7-18(11)13(19)9-12(16)15(2,3)4/h11-12H,5-10,16H2,1-4H3,(H,17,20). The van der Waals surface area contributed by atoms with Gasteiger partial charge in [-0.1, -0.05) is 27.7 Å². The molecule has 0 bridgehead atoms. The maximum Gasteiger partial charge on any atom is 0.245 e. The number of hydrogen-bond acceptors (Lipinski definition) is 4. The van der Waals surface area contributed by atoms with Crippen molar-refractivity contribution in [3.63, 3.8) is 0 Å². The number of nitrogens with one attached hydrogen (secondary N) is 1. The number of rotatable bonds is 5. The van der Waals surface area contributed by atoms with E-state index in [0.717, 1.165) is 6.42 Å². The predicted molar refractivity (Wildman–Crippen MR) is 81.7 cm³/mol. The van der Waals surface area contributed by atoms with Gasteiger partial charge in [0.2, 0.25) is 11.8 Å². The zero-order chi connectivity index (χ0) is 16.0. The fourth-order valence-corrected chi connectivity index (χ4v) is 2.10. The molecule has 1 heterocycles. The second kappa shape index (κ2) is 7.75. The summed E-state index contributed by atoms with van der Waals surface area (Å²) >= 11 is 0. The number of ether oxygens (including phenoxy) is 1. The zero-order valence-electron chi connectivity index (χ0n) is 13.6. The number of nitrogens with two attached hydrogens (primary N) is 1. The van der Waals surface area contributed by atoms with Crippen molar-refractivity contribution in [3.05, 3.63) is 0 Å². The highest BCUT2D eigenvalue weighted by molar-refractivity contribution is 5.88. The van der Waals surface area contributed by atoms with Crippen molar-refractivity contribution >= 4 is 11.8 Å². The van der Waals surface area contributed by atoms with Crippen molar-refractivity contribution in [2.75, 3.05) is 26.3 Å². The smallest absolute Gasteiger partial charge is 0.245 e. The predicted octanol–water partition coefficient (Wildman–Crippen LogP) is 0.504. The largest absolute Gasteiger partial charge is 0.377 e. The van der Waals surface area contributed by atoms with Gasteiger partial charge >= 0.3 is 0 Å². The molecular formula is C15H29N3O3. The normalized spacial score (nSPS) is 21.0. The molecule has 0 spiro atoms. The second-order valence-corrected chi connectivity index (χ2v) is 6.65. The van der Waals surface area contributed by atoms with Crippen molar-refractivity contribution in [2.24, 2.45) is 11.1 Å². The van der Waals surface area contributed by atoms with Crippen molar-refractivity contribution in [2.45, 2.75) is 52.6 Å². The average Bonchev–Trinajstić information content (AvgIpc) is 2.43. The number of carbonyl (C=O) groups excluding carboxylic acids is 2. The number of morpholine rings is 1. The first kappa shape index (κ1) is 17.9. The summed E-state index contributed by atoms with van der Waals surface area (Å²) in [4.78, 5) is 26.2. The molecule has 6 nitrogen and oxygen atoms in total. The number of carbonyl (C=O) groups is 2. The van der Waals surface area contributed by atoms with E-state index in [9.17, 15) is 9.59 Å². The van der Waals surface area contributed by atoms with Gasteiger partial charge in [-0.05, 0) is 11.8 Å². The molecule has 2 unspecified atom stereocenters. The van der Waals surface area contributed by atoms with Crippen LogP contribution in [0, 0.1) is 5.41 Å². The van der Waals surface area contributed by atoms with Crippen LogP contribution in [0.15, 0.2) is 0 Å². The van der Waals surface area contributed by atoms with E-state index < -0.39 is 6.04 Å². The van der Waals surface area contributed by atoms with Crippen LogP contribution < -0.4 is 11.1 Å². The number of hydrogen-bond donors (Lipinski definition) is 2. The van der Waals surface area contributed by atoms with Crippen LogP contribution >= 0.6 is 0 Å². The molecule has 1 fully saturated rings. The maximum absolute atomic E-state index is 12.5. The quantitative estimate of drug-likeness (QED) is 0.774. The van der Waals surface area contributed by atoms with Crippen molar-refractivity contribution < 1.29 is 14.3 Å². The first-order valence-electron chi connectivity index (χ1n) is 7.68. The molecule has 21 heavy (non-hydrogen) atoms. The first-order chi connectivity index (χ1) is 9.77. The molecule has 0 radical (unpaired) electrons. The van der Waals surface area contributed by atoms with E-state index in [1.807, 2.05) is 27.7 Å². The maximum atomic E-state index is 12.5. The molecule has 0 aromatic rings. The third-order valence-electron chi connectivity index (χ3n) is 3.81. The molecule has 0 aromatic heterocycles. The van der Waals surface area contributed by atoms with Crippen LogP contribution in [0.5, 0.6) is 0 Å². The van der Waals surface area contributed by atoms with Crippen LogP contribution in [0.1, 0.15) is 40.5 Å². The van der Waals surface area contributed by atoms with E-state index in [4.69, 9.17) is 10.5 Å². The molecule has 122 valence electrons. The summed E-state index contributed by atoms with van der Waals surface area (Å²) in [5.74, 6) is -0.216. The Kier molecular flexibility index (Phi) is 6.61. The van der Waals surface area contributed by atoms with Gasteiger partial charge in [-0.25, -0.2) is 0 Å². The van der Waals surface area contributed by atoms with Gasteiger partial charge in [0.05, 0.1) is 13.2 Å². The van der Waals surface area contributed by atoms with Crippen LogP contribution in [0.2, 0.25) is 0 Å². The Morgan fingerprint density at radius 1 is 1.43 bits per heavy atom. The third kappa shape index (κ3) is 5.28. The van der Waals surface area contributed by atoms with Gasteiger partial charge in [-0.15, -0.1) is 0 Å². The lowest BCUT2D eigenvalue weighted by Gasteiger charge is -2.36. The lowest BCUT2D eigenvalue weighted by atomic mass is 9.85. The van der Waals surface area contributed by atoms with Crippen LogP contribution in [-0.4, -0.2) is 55.1 Å². The Bertz CT molecular complexity index is 366. The zero-order valence-corrected chi connectivity index (χ0v) is 13.6. The third-order valence-corrected chi connectivity index (χ3v) is 3.81. The van der Waals surface area contributed by atoms with Crippen molar-refractivity contribution in [3.8, 4) is 0 Å². The van der Waals surface area contributed by atoms with E-state index in [0.29, 0.717) is 19.7 Å². The molecule has 0 aliphatic carbocycles. The van der Waals surface area contributed by atoms with E-state index in [-0.39, 0.29) is 36.3 Å². The van der Waals surface area contributed by atoms with Gasteiger partial charge in [0.15, 0.2) is 0 Å². The van der Waals surface area contributed by atoms with Gasteiger partial charge in [-0.2, -0.15) is 0 Å². The van der Waals surface area contributed by atoms with Gasteiger partial charge < -0.3 is 20.7 Å². The van der Waals surface area contributed by atoms with Gasteiger partial charge in [-0.3, -0.25) is 9.59 Å². The van der Waals surface area contributed by atoms with E-state index >= 15 is 0 Å². The van der Waals surface area contributed by atoms with Crippen molar-refractivity contribution in [1.82, 2.24) is 10.2 Å². The fraction of sp³-hybridized carbons (Fsp3) is 0.867. The van der Waals surface area contributed by atoms with Gasteiger partial charge in [0.25, 0.3) is 0 Å². The lowest BCUT2D eigenvalue weighted by Crippen LogP contribution is -2.57. The summed E-state index contributed by atoms with van der Waals surface area (Å²) in [6, 6.07) is -0.767. The monoisotopic (exact) mass is 299 g/mol. The molecule has 0 aromatic carbocycles. The molecule has 2 atom stereocenters. The van der Waals surface area contributed by atoms with Crippen LogP contribution in [0.25, 0.3) is 0 Å². The molecule has 1 aliphatic heterocycles. The molecule has 1 rings (SSSR count). The van der Waals surface area contributed by atoms with E-state index in [1.54, 1.807) is 4.90 Å². The summed E-state index contributed by atoms with van der Waals surface area (Å²) in [7, 11) is 0. The van der Waals surface area contributed by atoms with E-state index in [1.165, 1.54) is 0 Å². The molecule has 6 heteroatoms. The Balaban J connectivity index is 2.67. The SMILES string of the molecule is CCCNC(=O)C1COCCN1C(=O)CC(N)C(C)(C)C. The van der Waals surface area contributed by atoms with Crippen LogP contribution in [0.4, 0.5) is 0 Å². The summed E-state index contributed by atoms with van der Waals surface area (Å²) in [6.45, 7) is 9.79. The Labute approximate surface area is 127 Å². The lowest BCUT2D eigenvalue weighted by molar-refractivity contribution is -0.149. The first-order valence-corrected chi connectivity index (χ1v) is 7.68. The van der Waals surface area contributed by atoms with E-state index in [2.05, 4.69) is 5.32 Å². The molecule has 0 saturated carbocycles. The molecule has 2 amide bonds. The minimum atomic E-state index is -0.537. The highest BCUT2D eigenvalue weighted by atomic mass is 16.5. The van der Waals surface area contributed by atoms with Crippen LogP contribution in [-0.2, 0) is 14.3 Å². The highest BCUT2D eigenvalue weighted by Gasteiger charge is 2.34. The summed E-state index contributed by atoms with van der Waals surface area (Å²) in [5.41, 5.74) is 5.94.